The third-order valence-electron chi connectivity index (χ3n) is 3.32. The highest BCUT2D eigenvalue weighted by Crippen LogP contribution is 2.11. The number of hydrogen-bond acceptors (Lipinski definition) is 5. The molecular weight excluding hydrogens is 310 g/mol. The van der Waals surface area contributed by atoms with Crippen molar-refractivity contribution in [1.29, 1.82) is 0 Å². The predicted octanol–water partition coefficient (Wildman–Crippen LogP) is 1.59. The molecule has 1 heterocycles. The summed E-state index contributed by atoms with van der Waals surface area (Å²) in [5, 5.41) is 4.50. The second-order valence-electron chi connectivity index (χ2n) is 4.97. The Morgan fingerprint density at radius 2 is 2.00 bits per heavy atom. The maximum absolute atomic E-state index is 12.2. The van der Waals surface area contributed by atoms with Gasteiger partial charge in [0.1, 0.15) is 12.3 Å². The van der Waals surface area contributed by atoms with E-state index < -0.39 is 18.4 Å². The molecule has 0 spiro atoms. The Kier molecular flexibility index (Phi) is 5.62. The lowest BCUT2D eigenvalue weighted by molar-refractivity contribution is -0.127. The van der Waals surface area contributed by atoms with Gasteiger partial charge in [-0.3, -0.25) is 19.8 Å². The molecule has 0 bridgehead atoms. The summed E-state index contributed by atoms with van der Waals surface area (Å²) in [6.07, 6.45) is 4.43. The zero-order valence-electron chi connectivity index (χ0n) is 13.3. The summed E-state index contributed by atoms with van der Waals surface area (Å²) >= 11 is 0. The molecular formula is C17H16N3O4. The molecule has 0 aliphatic heterocycles. The fraction of sp³-hybridized carbons (Fsp3) is 0.176. The monoisotopic (exact) mass is 326 g/mol. The molecule has 7 heteroatoms. The van der Waals surface area contributed by atoms with E-state index in [-0.39, 0.29) is 5.69 Å². The van der Waals surface area contributed by atoms with Gasteiger partial charge in [-0.1, -0.05) is 35.5 Å². The van der Waals surface area contributed by atoms with Crippen LogP contribution in [0.2, 0.25) is 0 Å². The molecule has 123 valence electrons. The van der Waals surface area contributed by atoms with Crippen LogP contribution in [0.15, 0.2) is 40.9 Å². The van der Waals surface area contributed by atoms with Crippen molar-refractivity contribution in [3.8, 4) is 0 Å². The largest absolute Gasteiger partial charge is 0.361 e. The number of aromatic nitrogens is 1. The molecule has 2 aromatic rings. The summed E-state index contributed by atoms with van der Waals surface area (Å²) in [6.45, 7) is 2.94. The van der Waals surface area contributed by atoms with Crippen molar-refractivity contribution >= 4 is 24.2 Å². The average molecular weight is 326 g/mol. The minimum Gasteiger partial charge on any atom is -0.361 e. The maximum Gasteiger partial charge on any atom is 0.292 e. The summed E-state index contributed by atoms with van der Waals surface area (Å²) in [6, 6.07) is 9.16. The van der Waals surface area contributed by atoms with Gasteiger partial charge >= 0.3 is 0 Å². The van der Waals surface area contributed by atoms with Gasteiger partial charge in [-0.2, -0.15) is 0 Å². The lowest BCUT2D eigenvalue weighted by Crippen LogP contribution is -2.46. The van der Waals surface area contributed by atoms with Crippen LogP contribution in [-0.2, 0) is 9.59 Å². The van der Waals surface area contributed by atoms with Crippen molar-refractivity contribution in [2.45, 2.75) is 13.8 Å². The van der Waals surface area contributed by atoms with E-state index in [1.54, 1.807) is 26.2 Å². The summed E-state index contributed by atoms with van der Waals surface area (Å²) in [5.41, 5.74) is 3.77. The minimum atomic E-state index is -0.638. The maximum atomic E-state index is 12.2. The van der Waals surface area contributed by atoms with E-state index in [1.165, 1.54) is 6.08 Å². The number of hydrazine groups is 1. The summed E-state index contributed by atoms with van der Waals surface area (Å²) in [4.78, 5) is 35.0. The van der Waals surface area contributed by atoms with E-state index >= 15 is 0 Å². The Bertz CT molecular complexity index is 765. The first kappa shape index (κ1) is 17.1. The molecule has 0 fully saturated rings. The number of nitrogens with one attached hydrogen (secondary N) is 1. The molecule has 7 nitrogen and oxygen atoms in total. The van der Waals surface area contributed by atoms with Crippen LogP contribution in [0.3, 0.4) is 0 Å². The van der Waals surface area contributed by atoms with Gasteiger partial charge in [0.05, 0.1) is 0 Å². The predicted molar refractivity (Wildman–Crippen MR) is 86.3 cm³/mol. The van der Waals surface area contributed by atoms with Gasteiger partial charge in [0.15, 0.2) is 5.69 Å². The molecule has 0 unspecified atom stereocenters. The first-order valence-corrected chi connectivity index (χ1v) is 7.16. The number of benzene rings is 1. The van der Waals surface area contributed by atoms with E-state index in [4.69, 9.17) is 4.52 Å². The first-order chi connectivity index (χ1) is 11.5. The molecule has 1 N–H and O–H groups in total. The highest BCUT2D eigenvalue weighted by atomic mass is 16.5. The van der Waals surface area contributed by atoms with Crippen LogP contribution in [-0.4, -0.2) is 34.8 Å². The van der Waals surface area contributed by atoms with Gasteiger partial charge in [0.2, 0.25) is 6.29 Å². The van der Waals surface area contributed by atoms with Crippen molar-refractivity contribution in [2.24, 2.45) is 0 Å². The second-order valence-corrected chi connectivity index (χ2v) is 4.97. The molecule has 2 rings (SSSR count). The quantitative estimate of drug-likeness (QED) is 0.665. The van der Waals surface area contributed by atoms with Crippen LogP contribution in [0.5, 0.6) is 0 Å². The SMILES string of the molecule is Cc1onc(C(=O)NN(C[C]=O)C(=O)/C=C/c2ccccc2)c1C. The van der Waals surface area contributed by atoms with Crippen molar-refractivity contribution in [1.82, 2.24) is 15.6 Å². The number of aryl methyl sites for hydroxylation is 1. The van der Waals surface area contributed by atoms with Crippen molar-refractivity contribution < 1.29 is 18.9 Å². The second kappa shape index (κ2) is 7.87. The molecule has 0 aliphatic rings. The van der Waals surface area contributed by atoms with E-state index in [9.17, 15) is 14.4 Å². The Labute approximate surface area is 138 Å². The molecule has 0 saturated carbocycles. The van der Waals surface area contributed by atoms with Crippen LogP contribution < -0.4 is 5.43 Å². The molecule has 1 radical (unpaired) electrons. The highest BCUT2D eigenvalue weighted by Gasteiger charge is 2.20. The van der Waals surface area contributed by atoms with Crippen LogP contribution >= 0.6 is 0 Å². The van der Waals surface area contributed by atoms with E-state index in [0.29, 0.717) is 11.3 Å². The Hall–Kier alpha value is -3.22. The molecule has 0 saturated heterocycles. The smallest absolute Gasteiger partial charge is 0.292 e. The number of rotatable bonds is 5. The van der Waals surface area contributed by atoms with Crippen molar-refractivity contribution in [2.75, 3.05) is 6.54 Å². The Morgan fingerprint density at radius 1 is 1.29 bits per heavy atom. The van der Waals surface area contributed by atoms with Crippen LogP contribution in [0.1, 0.15) is 27.4 Å². The Morgan fingerprint density at radius 3 is 2.58 bits per heavy atom. The van der Waals surface area contributed by atoms with Gasteiger partial charge in [-0.25, -0.2) is 5.01 Å². The van der Waals surface area contributed by atoms with Crippen molar-refractivity contribution in [3.05, 3.63) is 59.0 Å². The van der Waals surface area contributed by atoms with E-state index in [2.05, 4.69) is 10.6 Å². The highest BCUT2D eigenvalue weighted by molar-refractivity contribution is 5.98. The third kappa shape index (κ3) is 4.16. The zero-order chi connectivity index (χ0) is 17.5. The van der Waals surface area contributed by atoms with Gasteiger partial charge in [0, 0.05) is 11.6 Å². The number of amides is 2. The summed E-state index contributed by atoms with van der Waals surface area (Å²) in [5.74, 6) is -0.696. The molecule has 0 aliphatic carbocycles. The molecule has 2 amide bonds. The van der Waals surface area contributed by atoms with Gasteiger partial charge < -0.3 is 4.52 Å². The fourth-order valence-corrected chi connectivity index (χ4v) is 1.86. The molecule has 24 heavy (non-hydrogen) atoms. The third-order valence-corrected chi connectivity index (χ3v) is 3.32. The van der Waals surface area contributed by atoms with Crippen molar-refractivity contribution in [3.63, 3.8) is 0 Å². The fourth-order valence-electron chi connectivity index (χ4n) is 1.86. The lowest BCUT2D eigenvalue weighted by atomic mass is 10.2. The molecule has 1 aromatic carbocycles. The van der Waals surface area contributed by atoms with Gasteiger partial charge in [-0.15, -0.1) is 0 Å². The van der Waals surface area contributed by atoms with E-state index in [1.807, 2.05) is 30.3 Å². The molecule has 1 aromatic heterocycles. The zero-order valence-corrected chi connectivity index (χ0v) is 13.3. The van der Waals surface area contributed by atoms with Gasteiger partial charge in [-0.05, 0) is 25.5 Å². The number of nitrogens with zero attached hydrogens (tertiary/aromatic N) is 2. The van der Waals surface area contributed by atoms with Crippen LogP contribution in [0.4, 0.5) is 0 Å². The standard InChI is InChI=1S/C17H16N3O4/c1-12-13(2)24-19-16(12)17(23)18-20(10-11-21)15(22)9-8-14-6-4-3-5-7-14/h3-9H,10H2,1-2H3,(H,18,23)/b9-8+. The normalized spacial score (nSPS) is 10.6. The van der Waals surface area contributed by atoms with Crippen LogP contribution in [0, 0.1) is 13.8 Å². The van der Waals surface area contributed by atoms with Crippen LogP contribution in [0.25, 0.3) is 6.08 Å². The summed E-state index contributed by atoms with van der Waals surface area (Å²) < 4.78 is 4.92. The minimum absolute atomic E-state index is 0.0586. The number of carbonyl (C=O) groups is 2. The Balaban J connectivity index is 2.09. The topological polar surface area (TPSA) is 92.5 Å². The number of hydrogen-bond donors (Lipinski definition) is 1. The lowest BCUT2D eigenvalue weighted by Gasteiger charge is -2.18. The molecule has 0 atom stereocenters. The van der Waals surface area contributed by atoms with Gasteiger partial charge in [0.25, 0.3) is 11.8 Å². The number of carbonyl (C=O) groups excluding carboxylic acids is 3. The first-order valence-electron chi connectivity index (χ1n) is 7.16. The average Bonchev–Trinajstić information content (AvgIpc) is 2.92. The van der Waals surface area contributed by atoms with E-state index in [0.717, 1.165) is 10.6 Å². The summed E-state index contributed by atoms with van der Waals surface area (Å²) in [7, 11) is 0.